The van der Waals surface area contributed by atoms with Crippen LogP contribution in [-0.4, -0.2) is 0 Å². The molecular weight excluding hydrogens is 100 g/mol. The molecule has 2 heteroatoms. The summed E-state index contributed by atoms with van der Waals surface area (Å²) in [5, 5.41) is 16.5. The highest BCUT2D eigenvalue weighted by Crippen LogP contribution is 2.06. The van der Waals surface area contributed by atoms with Crippen LogP contribution in [0.4, 0.5) is 0 Å². The molecule has 0 fully saturated rings. The third-order valence-electron chi connectivity index (χ3n) is 1.16. The lowest BCUT2D eigenvalue weighted by Gasteiger charge is -1.99. The Balaban J connectivity index is 3.72. The summed E-state index contributed by atoms with van der Waals surface area (Å²) in [6, 6.07) is 3.99. The fraction of sp³-hybridized carbons (Fsp3) is 0.667. The van der Waals surface area contributed by atoms with E-state index in [0.29, 0.717) is 0 Å². The van der Waals surface area contributed by atoms with E-state index in [2.05, 4.69) is 0 Å². The van der Waals surface area contributed by atoms with E-state index in [1.165, 1.54) is 0 Å². The molecule has 0 aliphatic carbocycles. The molecule has 0 spiro atoms. The van der Waals surface area contributed by atoms with E-state index in [4.69, 9.17) is 10.5 Å². The largest absolute Gasteiger partial charge is 0.198 e. The lowest BCUT2D eigenvalue weighted by molar-refractivity contribution is 0.582. The summed E-state index contributed by atoms with van der Waals surface area (Å²) in [6.45, 7) is 3.49. The summed E-state index contributed by atoms with van der Waals surface area (Å²) in [4.78, 5) is 0. The molecule has 0 amide bonds. The molecular formula is C6H8N2. The van der Waals surface area contributed by atoms with Gasteiger partial charge in [-0.1, -0.05) is 0 Å². The number of hydrogen-bond acceptors (Lipinski definition) is 2. The van der Waals surface area contributed by atoms with Gasteiger partial charge in [0, 0.05) is 0 Å². The van der Waals surface area contributed by atoms with Crippen LogP contribution in [-0.2, 0) is 0 Å². The number of hydrogen-bond donors (Lipinski definition) is 0. The van der Waals surface area contributed by atoms with Crippen LogP contribution in [0.25, 0.3) is 0 Å². The van der Waals surface area contributed by atoms with Crippen LogP contribution in [0.15, 0.2) is 0 Å². The van der Waals surface area contributed by atoms with Crippen molar-refractivity contribution in [2.45, 2.75) is 13.8 Å². The fourth-order valence-electron chi connectivity index (χ4n) is 0.224. The lowest BCUT2D eigenvalue weighted by atomic mass is 10.00. The van der Waals surface area contributed by atoms with Gasteiger partial charge in [-0.05, 0) is 13.8 Å². The van der Waals surface area contributed by atoms with Gasteiger partial charge in [0.15, 0.2) is 0 Å². The Hall–Kier alpha value is -1.02. The summed E-state index contributed by atoms with van der Waals surface area (Å²) in [5.74, 6) is -0.278. The van der Waals surface area contributed by atoms with Crippen molar-refractivity contribution in [2.24, 2.45) is 11.8 Å². The summed E-state index contributed by atoms with van der Waals surface area (Å²) in [7, 11) is 0. The minimum absolute atomic E-state index is 0.139. The number of nitriles is 2. The first kappa shape index (κ1) is 6.98. The highest BCUT2D eigenvalue weighted by Gasteiger charge is 2.07. The second-order valence-corrected chi connectivity index (χ2v) is 1.84. The van der Waals surface area contributed by atoms with Crippen molar-refractivity contribution < 1.29 is 0 Å². The van der Waals surface area contributed by atoms with Crippen molar-refractivity contribution in [1.82, 2.24) is 0 Å². The molecule has 0 aromatic heterocycles. The lowest BCUT2D eigenvalue weighted by Crippen LogP contribution is -2.01. The van der Waals surface area contributed by atoms with Crippen LogP contribution in [0.5, 0.6) is 0 Å². The summed E-state index contributed by atoms with van der Waals surface area (Å²) in [5.41, 5.74) is 0. The van der Waals surface area contributed by atoms with Gasteiger partial charge >= 0.3 is 0 Å². The monoisotopic (exact) mass is 108 g/mol. The first-order valence-electron chi connectivity index (χ1n) is 2.51. The fourth-order valence-corrected chi connectivity index (χ4v) is 0.224. The predicted molar refractivity (Wildman–Crippen MR) is 29.6 cm³/mol. The second kappa shape index (κ2) is 3.04. The molecule has 0 aliphatic heterocycles. The Morgan fingerprint density at radius 2 is 1.25 bits per heavy atom. The molecule has 0 N–H and O–H groups in total. The third kappa shape index (κ3) is 1.62. The van der Waals surface area contributed by atoms with Gasteiger partial charge in [0.2, 0.25) is 0 Å². The smallest absolute Gasteiger partial charge is 0.0666 e. The van der Waals surface area contributed by atoms with Crippen LogP contribution in [0.1, 0.15) is 13.8 Å². The molecule has 0 bridgehead atoms. The Morgan fingerprint density at radius 1 is 1.00 bits per heavy atom. The first-order valence-corrected chi connectivity index (χ1v) is 2.51. The molecule has 0 aromatic carbocycles. The van der Waals surface area contributed by atoms with Gasteiger partial charge in [-0.3, -0.25) is 0 Å². The highest BCUT2D eigenvalue weighted by molar-refractivity contribution is 4.93. The van der Waals surface area contributed by atoms with Gasteiger partial charge in [0.05, 0.1) is 24.0 Å². The molecule has 0 saturated carbocycles. The third-order valence-corrected chi connectivity index (χ3v) is 1.16. The maximum Gasteiger partial charge on any atom is 0.0666 e. The average molecular weight is 108 g/mol. The van der Waals surface area contributed by atoms with Crippen LogP contribution in [0.3, 0.4) is 0 Å². The van der Waals surface area contributed by atoms with E-state index >= 15 is 0 Å². The minimum Gasteiger partial charge on any atom is -0.198 e. The molecule has 2 atom stereocenters. The SMILES string of the molecule is CC(C#N)C(C)C#N. The van der Waals surface area contributed by atoms with Crippen LogP contribution in [0.2, 0.25) is 0 Å². The van der Waals surface area contributed by atoms with E-state index in [1.54, 1.807) is 13.8 Å². The normalized spacial score (nSPS) is 15.5. The Labute approximate surface area is 49.3 Å². The van der Waals surface area contributed by atoms with Crippen molar-refractivity contribution >= 4 is 0 Å². The predicted octanol–water partition coefficient (Wildman–Crippen LogP) is 1.31. The maximum atomic E-state index is 8.24. The second-order valence-electron chi connectivity index (χ2n) is 1.84. The molecule has 42 valence electrons. The first-order chi connectivity index (χ1) is 3.72. The zero-order chi connectivity index (χ0) is 6.57. The zero-order valence-electron chi connectivity index (χ0n) is 5.05. The Kier molecular flexibility index (Phi) is 2.66. The molecule has 0 rings (SSSR count). The van der Waals surface area contributed by atoms with E-state index in [-0.39, 0.29) is 11.8 Å². The summed E-state index contributed by atoms with van der Waals surface area (Å²) in [6.07, 6.45) is 0. The van der Waals surface area contributed by atoms with E-state index < -0.39 is 0 Å². The molecule has 0 heterocycles. The quantitative estimate of drug-likeness (QED) is 0.508. The van der Waals surface area contributed by atoms with Crippen LogP contribution < -0.4 is 0 Å². The van der Waals surface area contributed by atoms with E-state index in [0.717, 1.165) is 0 Å². The van der Waals surface area contributed by atoms with Crippen molar-refractivity contribution in [1.29, 1.82) is 10.5 Å². The zero-order valence-corrected chi connectivity index (χ0v) is 5.05. The van der Waals surface area contributed by atoms with Crippen molar-refractivity contribution in [3.63, 3.8) is 0 Å². The summed E-state index contributed by atoms with van der Waals surface area (Å²) < 4.78 is 0. The van der Waals surface area contributed by atoms with E-state index in [1.807, 2.05) is 12.1 Å². The number of nitrogens with zero attached hydrogens (tertiary/aromatic N) is 2. The van der Waals surface area contributed by atoms with Crippen LogP contribution >= 0.6 is 0 Å². The minimum atomic E-state index is -0.139. The number of rotatable bonds is 1. The standard InChI is InChI=1S/C6H8N2/c1-5(3-7)6(2)4-8/h5-6H,1-2H3. The molecule has 8 heavy (non-hydrogen) atoms. The molecule has 0 aromatic rings. The Morgan fingerprint density at radius 3 is 1.38 bits per heavy atom. The maximum absolute atomic E-state index is 8.24. The van der Waals surface area contributed by atoms with Gasteiger partial charge in [0.25, 0.3) is 0 Å². The van der Waals surface area contributed by atoms with Crippen molar-refractivity contribution in [3.8, 4) is 12.1 Å². The Bertz CT molecular complexity index is 120. The van der Waals surface area contributed by atoms with Gasteiger partial charge in [-0.2, -0.15) is 10.5 Å². The topological polar surface area (TPSA) is 47.6 Å². The van der Waals surface area contributed by atoms with Gasteiger partial charge in [-0.25, -0.2) is 0 Å². The molecule has 2 nitrogen and oxygen atoms in total. The highest BCUT2D eigenvalue weighted by atomic mass is 14.3. The van der Waals surface area contributed by atoms with E-state index in [9.17, 15) is 0 Å². The molecule has 2 unspecified atom stereocenters. The molecule has 0 radical (unpaired) electrons. The van der Waals surface area contributed by atoms with Crippen molar-refractivity contribution in [3.05, 3.63) is 0 Å². The van der Waals surface area contributed by atoms with Crippen molar-refractivity contribution in [2.75, 3.05) is 0 Å². The van der Waals surface area contributed by atoms with Gasteiger partial charge in [0.1, 0.15) is 0 Å². The van der Waals surface area contributed by atoms with Gasteiger partial charge in [-0.15, -0.1) is 0 Å². The molecule has 0 saturated heterocycles. The molecule has 0 aliphatic rings. The van der Waals surface area contributed by atoms with Crippen LogP contribution in [0, 0.1) is 34.5 Å². The van der Waals surface area contributed by atoms with Gasteiger partial charge < -0.3 is 0 Å². The average Bonchev–Trinajstić information content (AvgIpc) is 1.84. The summed E-state index contributed by atoms with van der Waals surface area (Å²) >= 11 is 0.